The first kappa shape index (κ1) is 16.4. The van der Waals surface area contributed by atoms with Crippen molar-refractivity contribution in [2.24, 2.45) is 0 Å². The van der Waals surface area contributed by atoms with Crippen molar-refractivity contribution in [2.45, 2.75) is 32.8 Å². The Hall–Kier alpha value is -0.570. The fraction of sp³-hybridized carbons (Fsp3) is 0.571. The molecule has 98 valence electrons. The predicted octanol–water partition coefficient (Wildman–Crippen LogP) is 3.06. The highest BCUT2D eigenvalue weighted by molar-refractivity contribution is 5.85. The number of ether oxygens (including phenoxy) is 1. The minimum absolute atomic E-state index is 0. The fourth-order valence-electron chi connectivity index (χ4n) is 1.52. The van der Waals surface area contributed by atoms with Crippen LogP contribution in [0.5, 0.6) is 0 Å². The van der Waals surface area contributed by atoms with Crippen molar-refractivity contribution in [1.82, 2.24) is 5.32 Å². The summed E-state index contributed by atoms with van der Waals surface area (Å²) in [5.74, 6) is 0. The average molecular weight is 258 g/mol. The summed E-state index contributed by atoms with van der Waals surface area (Å²) in [6, 6.07) is 10.6. The highest BCUT2D eigenvalue weighted by Gasteiger charge is 1.94. The van der Waals surface area contributed by atoms with Crippen LogP contribution < -0.4 is 5.32 Å². The highest BCUT2D eigenvalue weighted by Crippen LogP contribution is 1.98. The molecular weight excluding hydrogens is 234 g/mol. The van der Waals surface area contributed by atoms with Crippen LogP contribution in [0, 0.1) is 0 Å². The lowest BCUT2D eigenvalue weighted by molar-refractivity contribution is 0.0771. The quantitative estimate of drug-likeness (QED) is 0.723. The molecule has 1 N–H and O–H groups in total. The molecule has 0 atom stereocenters. The van der Waals surface area contributed by atoms with Gasteiger partial charge in [-0.25, -0.2) is 0 Å². The van der Waals surface area contributed by atoms with Crippen LogP contribution in [0.25, 0.3) is 0 Å². The van der Waals surface area contributed by atoms with Crippen LogP contribution in [0.1, 0.15) is 25.8 Å². The number of nitrogens with one attached hydrogen (secondary N) is 1. The van der Waals surface area contributed by atoms with E-state index in [0.717, 1.165) is 32.5 Å². The fourth-order valence-corrected chi connectivity index (χ4v) is 1.52. The monoisotopic (exact) mass is 257 g/mol. The second-order valence-corrected chi connectivity index (χ2v) is 4.26. The van der Waals surface area contributed by atoms with Gasteiger partial charge in [-0.2, -0.15) is 0 Å². The van der Waals surface area contributed by atoms with Crippen molar-refractivity contribution in [3.63, 3.8) is 0 Å². The van der Waals surface area contributed by atoms with E-state index in [1.165, 1.54) is 5.56 Å². The third-order valence-electron chi connectivity index (χ3n) is 2.38. The molecule has 0 radical (unpaired) electrons. The average Bonchev–Trinajstić information content (AvgIpc) is 2.29. The number of rotatable bonds is 8. The lowest BCUT2D eigenvalue weighted by atomic mass is 10.1. The summed E-state index contributed by atoms with van der Waals surface area (Å²) in [6.45, 7) is 7.09. The summed E-state index contributed by atoms with van der Waals surface area (Å²) in [7, 11) is 0. The molecule has 1 aromatic rings. The molecule has 0 aliphatic carbocycles. The highest BCUT2D eigenvalue weighted by atomic mass is 35.5. The Kier molecular flexibility index (Phi) is 10.2. The summed E-state index contributed by atoms with van der Waals surface area (Å²) in [6.07, 6.45) is 2.54. The number of hydrogen-bond acceptors (Lipinski definition) is 2. The van der Waals surface area contributed by atoms with Crippen LogP contribution in [-0.2, 0) is 11.2 Å². The number of benzene rings is 1. The standard InChI is InChI=1S/C14H23NO.ClH/c1-13(2)16-12-6-10-15-11-9-14-7-4-3-5-8-14;/h3-5,7-8,13,15H,6,9-12H2,1-2H3;1H. The van der Waals surface area contributed by atoms with Gasteiger partial charge < -0.3 is 10.1 Å². The van der Waals surface area contributed by atoms with Crippen molar-refractivity contribution >= 4 is 12.4 Å². The third kappa shape index (κ3) is 9.16. The van der Waals surface area contributed by atoms with E-state index in [1.807, 2.05) is 0 Å². The van der Waals surface area contributed by atoms with Crippen molar-refractivity contribution in [2.75, 3.05) is 19.7 Å². The summed E-state index contributed by atoms with van der Waals surface area (Å²) in [5.41, 5.74) is 1.40. The minimum Gasteiger partial charge on any atom is -0.379 e. The van der Waals surface area contributed by atoms with Crippen LogP contribution in [-0.4, -0.2) is 25.8 Å². The summed E-state index contributed by atoms with van der Waals surface area (Å²) in [4.78, 5) is 0. The van der Waals surface area contributed by atoms with E-state index in [9.17, 15) is 0 Å². The van der Waals surface area contributed by atoms with Gasteiger partial charge in [-0.15, -0.1) is 12.4 Å². The molecule has 0 spiro atoms. The van der Waals surface area contributed by atoms with Crippen molar-refractivity contribution in [3.8, 4) is 0 Å². The molecule has 2 nitrogen and oxygen atoms in total. The van der Waals surface area contributed by atoms with Gasteiger partial charge in [0.15, 0.2) is 0 Å². The normalized spacial score (nSPS) is 10.3. The van der Waals surface area contributed by atoms with E-state index >= 15 is 0 Å². The SMILES string of the molecule is CC(C)OCCCNCCc1ccccc1.Cl. The Morgan fingerprint density at radius 2 is 1.82 bits per heavy atom. The van der Waals surface area contributed by atoms with Crippen molar-refractivity contribution < 1.29 is 4.74 Å². The summed E-state index contributed by atoms with van der Waals surface area (Å²) in [5, 5.41) is 3.43. The molecule has 0 heterocycles. The minimum atomic E-state index is 0. The molecule has 3 heteroatoms. The molecule has 0 aliphatic rings. The lowest BCUT2D eigenvalue weighted by Crippen LogP contribution is -2.20. The van der Waals surface area contributed by atoms with Gasteiger partial charge in [0.05, 0.1) is 6.10 Å². The number of halogens is 1. The van der Waals surface area contributed by atoms with E-state index < -0.39 is 0 Å². The smallest absolute Gasteiger partial charge is 0.0518 e. The van der Waals surface area contributed by atoms with E-state index in [0.29, 0.717) is 6.10 Å². The topological polar surface area (TPSA) is 21.3 Å². The van der Waals surface area contributed by atoms with Gasteiger partial charge in [0.25, 0.3) is 0 Å². The van der Waals surface area contributed by atoms with Crippen LogP contribution >= 0.6 is 12.4 Å². The van der Waals surface area contributed by atoms with E-state index in [-0.39, 0.29) is 12.4 Å². The molecule has 0 fully saturated rings. The van der Waals surface area contributed by atoms with E-state index in [2.05, 4.69) is 49.5 Å². The molecule has 0 saturated heterocycles. The van der Waals surface area contributed by atoms with Gasteiger partial charge in [0, 0.05) is 6.61 Å². The van der Waals surface area contributed by atoms with E-state index in [4.69, 9.17) is 4.74 Å². The second kappa shape index (κ2) is 10.6. The molecule has 0 bridgehead atoms. The maximum Gasteiger partial charge on any atom is 0.0518 e. The van der Waals surface area contributed by atoms with Gasteiger partial charge in [0.2, 0.25) is 0 Å². The molecule has 0 aliphatic heterocycles. The van der Waals surface area contributed by atoms with Crippen LogP contribution in [0.3, 0.4) is 0 Å². The Morgan fingerprint density at radius 1 is 1.12 bits per heavy atom. The molecule has 0 saturated carbocycles. The largest absolute Gasteiger partial charge is 0.379 e. The van der Waals surface area contributed by atoms with Crippen LogP contribution in [0.2, 0.25) is 0 Å². The molecular formula is C14H24ClNO. The van der Waals surface area contributed by atoms with Gasteiger partial charge >= 0.3 is 0 Å². The lowest BCUT2D eigenvalue weighted by Gasteiger charge is -2.08. The first-order valence-corrected chi connectivity index (χ1v) is 6.15. The zero-order valence-corrected chi connectivity index (χ0v) is 11.6. The Bertz CT molecular complexity index is 264. The summed E-state index contributed by atoms with van der Waals surface area (Å²) >= 11 is 0. The van der Waals surface area contributed by atoms with Gasteiger partial charge in [0.1, 0.15) is 0 Å². The third-order valence-corrected chi connectivity index (χ3v) is 2.38. The van der Waals surface area contributed by atoms with Gasteiger partial charge in [-0.3, -0.25) is 0 Å². The molecule has 0 aromatic heterocycles. The van der Waals surface area contributed by atoms with Crippen LogP contribution in [0.4, 0.5) is 0 Å². The molecule has 0 unspecified atom stereocenters. The maximum atomic E-state index is 5.47. The van der Waals surface area contributed by atoms with Gasteiger partial charge in [-0.1, -0.05) is 30.3 Å². The predicted molar refractivity (Wildman–Crippen MR) is 76.0 cm³/mol. The van der Waals surface area contributed by atoms with Gasteiger partial charge in [-0.05, 0) is 45.3 Å². The van der Waals surface area contributed by atoms with Crippen molar-refractivity contribution in [3.05, 3.63) is 35.9 Å². The first-order chi connectivity index (χ1) is 7.79. The molecule has 0 amide bonds. The Balaban J connectivity index is 0.00000256. The maximum absolute atomic E-state index is 5.47. The molecule has 1 aromatic carbocycles. The summed E-state index contributed by atoms with van der Waals surface area (Å²) < 4.78 is 5.47. The zero-order chi connectivity index (χ0) is 11.6. The van der Waals surface area contributed by atoms with Crippen molar-refractivity contribution in [1.29, 1.82) is 0 Å². The Morgan fingerprint density at radius 3 is 2.47 bits per heavy atom. The molecule has 1 rings (SSSR count). The molecule has 17 heavy (non-hydrogen) atoms. The van der Waals surface area contributed by atoms with E-state index in [1.54, 1.807) is 0 Å². The number of hydrogen-bond donors (Lipinski definition) is 1. The van der Waals surface area contributed by atoms with Crippen LogP contribution in [0.15, 0.2) is 30.3 Å². The second-order valence-electron chi connectivity index (χ2n) is 4.26. The zero-order valence-electron chi connectivity index (χ0n) is 10.8. The Labute approximate surface area is 111 Å². The first-order valence-electron chi connectivity index (χ1n) is 6.15.